The molecule has 1 amide bonds. The Morgan fingerprint density at radius 3 is 2.48 bits per heavy atom. The van der Waals surface area contributed by atoms with Crippen LogP contribution in [0.3, 0.4) is 0 Å². The summed E-state index contributed by atoms with van der Waals surface area (Å²) in [5, 5.41) is 3.32. The maximum atomic E-state index is 13.2. The van der Waals surface area contributed by atoms with Gasteiger partial charge in [0, 0.05) is 6.54 Å². The molecule has 0 unspecified atom stereocenters. The number of rotatable bonds is 8. The van der Waals surface area contributed by atoms with Crippen molar-refractivity contribution in [2.75, 3.05) is 26.8 Å². The normalized spacial score (nSPS) is 20.0. The van der Waals surface area contributed by atoms with Gasteiger partial charge in [0.15, 0.2) is 0 Å². The molecular weight excluding hydrogens is 392 g/mol. The number of benzene rings is 2. The molecule has 1 heterocycles. The minimum atomic E-state index is -0.351. The molecule has 1 saturated heterocycles. The third-order valence-corrected chi connectivity index (χ3v) is 6.28. The van der Waals surface area contributed by atoms with E-state index in [1.165, 1.54) is 7.11 Å². The first-order chi connectivity index (χ1) is 15.1. The molecule has 164 valence electrons. The predicted octanol–water partition coefficient (Wildman–Crippen LogP) is 3.51. The van der Waals surface area contributed by atoms with Crippen molar-refractivity contribution >= 4 is 11.9 Å². The smallest absolute Gasteiger partial charge is 0.337 e. The van der Waals surface area contributed by atoms with Gasteiger partial charge >= 0.3 is 5.97 Å². The van der Waals surface area contributed by atoms with E-state index in [-0.39, 0.29) is 23.5 Å². The average molecular weight is 423 g/mol. The number of methoxy groups -OCH3 is 1. The highest BCUT2D eigenvalue weighted by atomic mass is 16.5. The van der Waals surface area contributed by atoms with E-state index < -0.39 is 0 Å². The van der Waals surface area contributed by atoms with Gasteiger partial charge in [-0.3, -0.25) is 9.69 Å². The molecule has 2 aliphatic rings. The number of nitrogens with one attached hydrogen (secondary N) is 1. The first kappa shape index (κ1) is 21.4. The van der Waals surface area contributed by atoms with Gasteiger partial charge in [-0.1, -0.05) is 36.8 Å². The number of esters is 1. The Morgan fingerprint density at radius 2 is 1.81 bits per heavy atom. The molecule has 1 N–H and O–H groups in total. The fourth-order valence-electron chi connectivity index (χ4n) is 4.33. The molecule has 6 nitrogen and oxygen atoms in total. The van der Waals surface area contributed by atoms with Crippen LogP contribution in [0.2, 0.25) is 0 Å². The second-order valence-electron chi connectivity index (χ2n) is 8.35. The molecule has 0 aromatic heterocycles. The number of hydrogen-bond acceptors (Lipinski definition) is 5. The number of piperidine rings is 1. The standard InChI is InChI=1S/C25H30N2O4/c1-30-24(29)19-10-12-20(13-11-19)25(14-15-25)26-23(28)22-9-5-6-16-27(22)17-18-31-21-7-3-2-4-8-21/h2-4,7-8,10-13,22H,5-6,9,14-18H2,1H3,(H,26,28)/t22-/m1/s1. The van der Waals surface area contributed by atoms with Crippen molar-refractivity contribution in [2.45, 2.75) is 43.7 Å². The van der Waals surface area contributed by atoms with Crippen molar-refractivity contribution in [1.29, 1.82) is 0 Å². The predicted molar refractivity (Wildman–Crippen MR) is 118 cm³/mol. The molecule has 0 spiro atoms. The Kier molecular flexibility index (Phi) is 6.56. The van der Waals surface area contributed by atoms with Crippen molar-refractivity contribution < 1.29 is 19.1 Å². The topological polar surface area (TPSA) is 67.9 Å². The summed E-state index contributed by atoms with van der Waals surface area (Å²) in [6.07, 6.45) is 4.87. The third-order valence-electron chi connectivity index (χ3n) is 6.28. The highest BCUT2D eigenvalue weighted by Gasteiger charge is 2.47. The minimum absolute atomic E-state index is 0.0916. The summed E-state index contributed by atoms with van der Waals surface area (Å²) in [7, 11) is 1.37. The van der Waals surface area contributed by atoms with Gasteiger partial charge in [-0.2, -0.15) is 0 Å². The average Bonchev–Trinajstić information content (AvgIpc) is 3.60. The van der Waals surface area contributed by atoms with Gasteiger partial charge in [0.1, 0.15) is 12.4 Å². The Morgan fingerprint density at radius 1 is 1.06 bits per heavy atom. The minimum Gasteiger partial charge on any atom is -0.492 e. The maximum Gasteiger partial charge on any atom is 0.337 e. The number of carbonyl (C=O) groups excluding carboxylic acids is 2. The number of amides is 1. The third kappa shape index (κ3) is 5.07. The van der Waals surface area contributed by atoms with E-state index in [1.807, 2.05) is 42.5 Å². The zero-order chi connectivity index (χ0) is 21.7. The van der Waals surface area contributed by atoms with Gasteiger partial charge in [0.05, 0.1) is 24.3 Å². The Hall–Kier alpha value is -2.86. The first-order valence-electron chi connectivity index (χ1n) is 11.0. The lowest BCUT2D eigenvalue weighted by atomic mass is 9.99. The molecule has 6 heteroatoms. The molecule has 4 rings (SSSR count). The van der Waals surface area contributed by atoms with Gasteiger partial charge < -0.3 is 14.8 Å². The van der Waals surface area contributed by atoms with Crippen LogP contribution < -0.4 is 10.1 Å². The summed E-state index contributed by atoms with van der Waals surface area (Å²) in [5.41, 5.74) is 1.25. The lowest BCUT2D eigenvalue weighted by Gasteiger charge is -2.35. The number of para-hydroxylation sites is 1. The summed E-state index contributed by atoms with van der Waals surface area (Å²) in [6.45, 7) is 2.21. The Bertz CT molecular complexity index is 893. The zero-order valence-electron chi connectivity index (χ0n) is 18.0. The van der Waals surface area contributed by atoms with Gasteiger partial charge in [0.25, 0.3) is 0 Å². The highest BCUT2D eigenvalue weighted by Crippen LogP contribution is 2.45. The summed E-state index contributed by atoms with van der Waals surface area (Å²) in [5.74, 6) is 0.595. The van der Waals surface area contributed by atoms with E-state index in [0.717, 1.165) is 56.5 Å². The SMILES string of the molecule is COC(=O)c1ccc(C2(NC(=O)[C@H]3CCCCN3CCOc3ccccc3)CC2)cc1. The fourth-order valence-corrected chi connectivity index (χ4v) is 4.33. The lowest BCUT2D eigenvalue weighted by Crippen LogP contribution is -2.52. The van der Waals surface area contributed by atoms with Crippen LogP contribution in [-0.4, -0.2) is 49.6 Å². The molecule has 2 aromatic carbocycles. The van der Waals surface area contributed by atoms with Crippen LogP contribution in [0, 0.1) is 0 Å². The molecular formula is C25H30N2O4. The van der Waals surface area contributed by atoms with Crippen molar-refractivity contribution in [2.24, 2.45) is 0 Å². The van der Waals surface area contributed by atoms with Crippen LogP contribution in [0.4, 0.5) is 0 Å². The Balaban J connectivity index is 1.36. The van der Waals surface area contributed by atoms with Gasteiger partial charge in [-0.25, -0.2) is 4.79 Å². The zero-order valence-corrected chi connectivity index (χ0v) is 18.0. The molecule has 0 bridgehead atoms. The molecule has 1 saturated carbocycles. The monoisotopic (exact) mass is 422 g/mol. The number of carbonyl (C=O) groups is 2. The van der Waals surface area contributed by atoms with Gasteiger partial charge in [-0.15, -0.1) is 0 Å². The number of hydrogen-bond donors (Lipinski definition) is 1. The van der Waals surface area contributed by atoms with E-state index in [1.54, 1.807) is 12.1 Å². The van der Waals surface area contributed by atoms with E-state index in [0.29, 0.717) is 12.2 Å². The lowest BCUT2D eigenvalue weighted by molar-refractivity contribution is -0.128. The molecule has 2 fully saturated rings. The molecule has 1 aliphatic heterocycles. The second-order valence-corrected chi connectivity index (χ2v) is 8.35. The van der Waals surface area contributed by atoms with Crippen molar-refractivity contribution in [3.63, 3.8) is 0 Å². The van der Waals surface area contributed by atoms with E-state index >= 15 is 0 Å². The highest BCUT2D eigenvalue weighted by molar-refractivity contribution is 5.89. The summed E-state index contributed by atoms with van der Waals surface area (Å²) in [4.78, 5) is 27.2. The molecule has 1 atom stereocenters. The second kappa shape index (κ2) is 9.52. The molecule has 1 aliphatic carbocycles. The maximum absolute atomic E-state index is 13.2. The van der Waals surface area contributed by atoms with Crippen LogP contribution >= 0.6 is 0 Å². The first-order valence-corrected chi connectivity index (χ1v) is 11.0. The molecule has 2 aromatic rings. The molecule has 31 heavy (non-hydrogen) atoms. The van der Waals surface area contributed by atoms with E-state index in [9.17, 15) is 9.59 Å². The van der Waals surface area contributed by atoms with Crippen LogP contribution in [-0.2, 0) is 15.1 Å². The van der Waals surface area contributed by atoms with E-state index in [4.69, 9.17) is 9.47 Å². The van der Waals surface area contributed by atoms with Crippen molar-refractivity contribution in [1.82, 2.24) is 10.2 Å². The number of likely N-dealkylation sites (tertiary alicyclic amines) is 1. The summed E-state index contributed by atoms with van der Waals surface area (Å²) >= 11 is 0. The van der Waals surface area contributed by atoms with Crippen LogP contribution in [0.1, 0.15) is 48.0 Å². The van der Waals surface area contributed by atoms with Gasteiger partial charge in [-0.05, 0) is 62.1 Å². The Labute approximate surface area is 183 Å². The summed E-state index contributed by atoms with van der Waals surface area (Å²) < 4.78 is 10.6. The van der Waals surface area contributed by atoms with Crippen molar-refractivity contribution in [3.05, 3.63) is 65.7 Å². The fraction of sp³-hybridized carbons (Fsp3) is 0.440. The number of nitrogens with zero attached hydrogens (tertiary/aromatic N) is 1. The van der Waals surface area contributed by atoms with Crippen LogP contribution in [0.25, 0.3) is 0 Å². The molecule has 0 radical (unpaired) electrons. The summed E-state index contributed by atoms with van der Waals surface area (Å²) in [6, 6.07) is 17.0. The van der Waals surface area contributed by atoms with Gasteiger partial charge in [0.2, 0.25) is 5.91 Å². The van der Waals surface area contributed by atoms with Crippen LogP contribution in [0.5, 0.6) is 5.75 Å². The largest absolute Gasteiger partial charge is 0.492 e. The van der Waals surface area contributed by atoms with Crippen molar-refractivity contribution in [3.8, 4) is 5.75 Å². The number of ether oxygens (including phenoxy) is 2. The van der Waals surface area contributed by atoms with E-state index in [2.05, 4.69) is 10.2 Å². The quantitative estimate of drug-likeness (QED) is 0.660. The van der Waals surface area contributed by atoms with Crippen LogP contribution in [0.15, 0.2) is 54.6 Å².